The van der Waals surface area contributed by atoms with Crippen LogP contribution in [0.4, 0.5) is 5.69 Å². The number of aryl methyl sites for hydroxylation is 1. The van der Waals surface area contributed by atoms with E-state index in [0.29, 0.717) is 11.3 Å². The van der Waals surface area contributed by atoms with Crippen LogP contribution in [-0.2, 0) is 0 Å². The lowest BCUT2D eigenvalue weighted by Crippen LogP contribution is -2.29. The summed E-state index contributed by atoms with van der Waals surface area (Å²) < 4.78 is 0. The zero-order valence-electron chi connectivity index (χ0n) is 12.4. The van der Waals surface area contributed by atoms with Gasteiger partial charge in [0, 0.05) is 0 Å². The summed E-state index contributed by atoms with van der Waals surface area (Å²) in [6.07, 6.45) is 0.826. The van der Waals surface area contributed by atoms with Crippen LogP contribution in [0.2, 0.25) is 0 Å². The first-order valence-corrected chi connectivity index (χ1v) is 7.08. The fourth-order valence-corrected chi connectivity index (χ4v) is 2.31. The molecule has 4 heteroatoms. The molecule has 1 atom stereocenters. The molecule has 4 N–H and O–H groups in total. The number of nitrogen functional groups attached to an aromatic ring is 1. The molecule has 4 nitrogen and oxygen atoms in total. The fourth-order valence-electron chi connectivity index (χ4n) is 2.31. The molecule has 110 valence electrons. The Morgan fingerprint density at radius 1 is 1.19 bits per heavy atom. The van der Waals surface area contributed by atoms with E-state index in [2.05, 4.69) is 17.7 Å². The molecule has 2 rings (SSSR count). The third kappa shape index (κ3) is 3.61. The van der Waals surface area contributed by atoms with E-state index >= 15 is 0 Å². The van der Waals surface area contributed by atoms with Gasteiger partial charge >= 0.3 is 0 Å². The topological polar surface area (TPSA) is 67.2 Å². The predicted molar refractivity (Wildman–Crippen MR) is 85.9 cm³/mol. The van der Waals surface area contributed by atoms with E-state index in [-0.39, 0.29) is 11.9 Å². The Labute approximate surface area is 125 Å². The van der Waals surface area contributed by atoms with Crippen molar-refractivity contribution in [2.45, 2.75) is 26.3 Å². The Kier molecular flexibility index (Phi) is 4.95. The molecule has 0 heterocycles. The molecule has 0 aliphatic carbocycles. The van der Waals surface area contributed by atoms with Gasteiger partial charge in [-0.1, -0.05) is 48.9 Å². The zero-order valence-corrected chi connectivity index (χ0v) is 12.4. The summed E-state index contributed by atoms with van der Waals surface area (Å²) in [6.45, 7) is 4.00. The maximum atomic E-state index is 12.5. The minimum absolute atomic E-state index is 0.00941. The van der Waals surface area contributed by atoms with Crippen LogP contribution in [0.5, 0.6) is 0 Å². The largest absolute Gasteiger partial charge is 0.345 e. The van der Waals surface area contributed by atoms with E-state index in [9.17, 15) is 4.79 Å². The summed E-state index contributed by atoms with van der Waals surface area (Å²) in [5, 5.41) is 3.07. The number of amides is 1. The van der Waals surface area contributed by atoms with E-state index < -0.39 is 0 Å². The first-order valence-electron chi connectivity index (χ1n) is 7.08. The summed E-state index contributed by atoms with van der Waals surface area (Å²) in [6, 6.07) is 15.5. The lowest BCUT2D eigenvalue weighted by molar-refractivity contribution is 0.0936. The number of nitrogens with two attached hydrogens (primary N) is 1. The average molecular weight is 283 g/mol. The highest BCUT2D eigenvalue weighted by Crippen LogP contribution is 2.20. The van der Waals surface area contributed by atoms with Gasteiger partial charge in [-0.2, -0.15) is 0 Å². The van der Waals surface area contributed by atoms with E-state index in [4.69, 9.17) is 5.84 Å². The number of carbonyl (C=O) groups excluding carboxylic acids is 1. The normalized spacial score (nSPS) is 11.8. The van der Waals surface area contributed by atoms with Crippen molar-refractivity contribution in [3.8, 4) is 0 Å². The molecule has 0 aliphatic rings. The van der Waals surface area contributed by atoms with Crippen LogP contribution in [0, 0.1) is 6.92 Å². The molecule has 0 aromatic heterocycles. The molecule has 2 aromatic carbocycles. The monoisotopic (exact) mass is 283 g/mol. The van der Waals surface area contributed by atoms with E-state index in [1.54, 1.807) is 0 Å². The third-order valence-corrected chi connectivity index (χ3v) is 3.49. The van der Waals surface area contributed by atoms with Crippen molar-refractivity contribution in [3.05, 3.63) is 65.2 Å². The molecule has 0 aliphatic heterocycles. The molecule has 1 unspecified atom stereocenters. The molecule has 0 saturated carbocycles. The Balaban J connectivity index is 2.22. The summed E-state index contributed by atoms with van der Waals surface area (Å²) in [5.74, 6) is 5.36. The van der Waals surface area contributed by atoms with Crippen molar-refractivity contribution < 1.29 is 4.79 Å². The smallest absolute Gasteiger partial charge is 0.253 e. The Hall–Kier alpha value is -2.33. The maximum absolute atomic E-state index is 12.5. The van der Waals surface area contributed by atoms with E-state index in [1.165, 1.54) is 0 Å². The second-order valence-electron chi connectivity index (χ2n) is 5.04. The molecule has 21 heavy (non-hydrogen) atoms. The van der Waals surface area contributed by atoms with Crippen molar-refractivity contribution >= 4 is 11.6 Å². The molecule has 0 spiro atoms. The average Bonchev–Trinajstić information content (AvgIpc) is 2.53. The first kappa shape index (κ1) is 15.1. The predicted octanol–water partition coefficient (Wildman–Crippen LogP) is 3.16. The first-order chi connectivity index (χ1) is 10.2. The summed E-state index contributed by atoms with van der Waals surface area (Å²) in [4.78, 5) is 12.5. The van der Waals surface area contributed by atoms with Gasteiger partial charge in [-0.25, -0.2) is 0 Å². The van der Waals surface area contributed by atoms with Crippen molar-refractivity contribution in [3.63, 3.8) is 0 Å². The summed E-state index contributed by atoms with van der Waals surface area (Å²) in [7, 11) is 0. The Morgan fingerprint density at radius 2 is 1.90 bits per heavy atom. The van der Waals surface area contributed by atoms with Crippen LogP contribution in [0.3, 0.4) is 0 Å². The third-order valence-electron chi connectivity index (χ3n) is 3.49. The van der Waals surface area contributed by atoms with Crippen LogP contribution >= 0.6 is 0 Å². The van der Waals surface area contributed by atoms with Crippen molar-refractivity contribution in [1.29, 1.82) is 0 Å². The van der Waals surface area contributed by atoms with Crippen LogP contribution in [0.1, 0.15) is 40.9 Å². The highest BCUT2D eigenvalue weighted by molar-refractivity contribution is 6.00. The van der Waals surface area contributed by atoms with Gasteiger partial charge in [0.2, 0.25) is 0 Å². The van der Waals surface area contributed by atoms with Crippen LogP contribution in [0.25, 0.3) is 0 Å². The number of benzene rings is 2. The molecule has 1 amide bonds. The zero-order chi connectivity index (χ0) is 15.2. The van der Waals surface area contributed by atoms with Gasteiger partial charge in [-0.3, -0.25) is 10.6 Å². The second-order valence-corrected chi connectivity index (χ2v) is 5.04. The van der Waals surface area contributed by atoms with Gasteiger partial charge in [-0.05, 0) is 31.0 Å². The van der Waals surface area contributed by atoms with Crippen LogP contribution in [-0.4, -0.2) is 5.91 Å². The quantitative estimate of drug-likeness (QED) is 0.583. The summed E-state index contributed by atoms with van der Waals surface area (Å²) >= 11 is 0. The van der Waals surface area contributed by atoms with Crippen molar-refractivity contribution in [2.75, 3.05) is 5.43 Å². The number of anilines is 1. The van der Waals surface area contributed by atoms with E-state index in [0.717, 1.165) is 17.5 Å². The van der Waals surface area contributed by atoms with E-state index in [1.807, 2.05) is 55.5 Å². The van der Waals surface area contributed by atoms with Gasteiger partial charge in [0.1, 0.15) is 0 Å². The van der Waals surface area contributed by atoms with Crippen molar-refractivity contribution in [1.82, 2.24) is 5.32 Å². The van der Waals surface area contributed by atoms with Gasteiger partial charge < -0.3 is 10.7 Å². The SMILES string of the molecule is CCC(NC(=O)c1cc(C)ccc1NN)c1ccccc1. The maximum Gasteiger partial charge on any atom is 0.253 e. The number of hydrogen-bond acceptors (Lipinski definition) is 3. The van der Waals surface area contributed by atoms with Crippen LogP contribution < -0.4 is 16.6 Å². The standard InChI is InChI=1S/C17H21N3O/c1-3-15(13-7-5-4-6-8-13)19-17(21)14-11-12(2)9-10-16(14)20-18/h4-11,15,20H,3,18H2,1-2H3,(H,19,21). The van der Waals surface area contributed by atoms with Crippen molar-refractivity contribution in [2.24, 2.45) is 5.84 Å². The Bertz CT molecular complexity index is 611. The van der Waals surface area contributed by atoms with Crippen LogP contribution in [0.15, 0.2) is 48.5 Å². The molecule has 2 aromatic rings. The molecular formula is C17H21N3O. The van der Waals surface area contributed by atoms with Gasteiger partial charge in [0.15, 0.2) is 0 Å². The number of hydrazine groups is 1. The Morgan fingerprint density at radius 3 is 2.52 bits per heavy atom. The fraction of sp³-hybridized carbons (Fsp3) is 0.235. The minimum atomic E-state index is -0.123. The molecular weight excluding hydrogens is 262 g/mol. The second kappa shape index (κ2) is 6.90. The number of rotatable bonds is 5. The summed E-state index contributed by atoms with van der Waals surface area (Å²) in [5.41, 5.74) is 5.88. The molecule has 0 saturated heterocycles. The number of carbonyl (C=O) groups is 1. The van der Waals surface area contributed by atoms with Gasteiger partial charge in [0.05, 0.1) is 17.3 Å². The number of nitrogens with one attached hydrogen (secondary N) is 2. The molecule has 0 bridgehead atoms. The lowest BCUT2D eigenvalue weighted by Gasteiger charge is -2.19. The molecule has 0 fully saturated rings. The minimum Gasteiger partial charge on any atom is -0.345 e. The molecule has 0 radical (unpaired) electrons. The lowest BCUT2D eigenvalue weighted by atomic mass is 10.0. The van der Waals surface area contributed by atoms with Gasteiger partial charge in [0.25, 0.3) is 5.91 Å². The highest BCUT2D eigenvalue weighted by atomic mass is 16.1. The number of hydrogen-bond donors (Lipinski definition) is 3. The highest BCUT2D eigenvalue weighted by Gasteiger charge is 2.16. The van der Waals surface area contributed by atoms with Gasteiger partial charge in [-0.15, -0.1) is 0 Å².